The molecule has 0 unspecified atom stereocenters. The highest BCUT2D eigenvalue weighted by Gasteiger charge is 2.15. The lowest BCUT2D eigenvalue weighted by molar-refractivity contribution is -0.119. The molecule has 0 aromatic heterocycles. The number of carbonyl (C=O) groups is 2. The number of carbonyl (C=O) groups excluding carboxylic acids is 2. The Morgan fingerprint density at radius 2 is 2.00 bits per heavy atom. The van der Waals surface area contributed by atoms with Crippen LogP contribution in [0.5, 0.6) is 5.75 Å². The number of hydrogen-bond donors (Lipinski definition) is 2. The molecule has 114 valence electrons. The fraction of sp³-hybridized carbons (Fsp3) is 0.0667. The quantitative estimate of drug-likeness (QED) is 0.814. The van der Waals surface area contributed by atoms with Gasteiger partial charge in [-0.25, -0.2) is 9.18 Å². The molecule has 1 amide bonds. The molecule has 7 heteroatoms. The maximum absolute atomic E-state index is 13.0. The number of rotatable bonds is 4. The number of ether oxygens (including phenoxy) is 1. The number of nitrogens with one attached hydrogen (secondary N) is 1. The third-order valence-corrected chi connectivity index (χ3v) is 3.11. The number of aromatic hydroxyl groups is 1. The zero-order chi connectivity index (χ0) is 16.1. The molecular formula is C15H11BrFNO4. The summed E-state index contributed by atoms with van der Waals surface area (Å²) < 4.78 is 18.4. The Morgan fingerprint density at radius 1 is 1.23 bits per heavy atom. The molecule has 2 N–H and O–H groups in total. The zero-order valence-corrected chi connectivity index (χ0v) is 12.8. The number of phenols is 1. The number of benzene rings is 2. The summed E-state index contributed by atoms with van der Waals surface area (Å²) in [6, 6.07) is 9.59. The average Bonchev–Trinajstić information content (AvgIpc) is 2.47. The van der Waals surface area contributed by atoms with Crippen LogP contribution >= 0.6 is 15.9 Å². The molecule has 0 spiro atoms. The second-order valence-electron chi connectivity index (χ2n) is 4.30. The molecule has 0 bridgehead atoms. The van der Waals surface area contributed by atoms with E-state index in [9.17, 15) is 19.1 Å². The van der Waals surface area contributed by atoms with Gasteiger partial charge in [0.05, 0.1) is 0 Å². The summed E-state index contributed by atoms with van der Waals surface area (Å²) in [4.78, 5) is 23.4. The van der Waals surface area contributed by atoms with Gasteiger partial charge < -0.3 is 15.2 Å². The van der Waals surface area contributed by atoms with Crippen molar-refractivity contribution in [3.8, 4) is 5.75 Å². The lowest BCUT2D eigenvalue weighted by atomic mass is 10.2. The Kier molecular flexibility index (Phi) is 5.11. The SMILES string of the molecule is O=C(COC(=O)c1cc(Br)ccc1O)Nc1cccc(F)c1. The third kappa shape index (κ3) is 4.29. The summed E-state index contributed by atoms with van der Waals surface area (Å²) in [7, 11) is 0. The largest absolute Gasteiger partial charge is 0.507 e. The van der Waals surface area contributed by atoms with Crippen molar-refractivity contribution >= 4 is 33.5 Å². The van der Waals surface area contributed by atoms with Gasteiger partial charge in [-0.05, 0) is 36.4 Å². The lowest BCUT2D eigenvalue weighted by Gasteiger charge is -2.08. The van der Waals surface area contributed by atoms with Gasteiger partial charge in [0.1, 0.15) is 17.1 Å². The van der Waals surface area contributed by atoms with Gasteiger partial charge in [0.2, 0.25) is 0 Å². The molecule has 5 nitrogen and oxygen atoms in total. The Balaban J connectivity index is 1.93. The van der Waals surface area contributed by atoms with Crippen LogP contribution in [0.1, 0.15) is 10.4 Å². The standard InChI is InChI=1S/C15H11BrFNO4/c16-9-4-5-13(19)12(6-9)15(21)22-8-14(20)18-11-3-1-2-10(17)7-11/h1-7,19H,8H2,(H,18,20). The van der Waals surface area contributed by atoms with E-state index in [1.807, 2.05) is 0 Å². The van der Waals surface area contributed by atoms with E-state index in [1.54, 1.807) is 6.07 Å². The highest BCUT2D eigenvalue weighted by Crippen LogP contribution is 2.22. The number of hydrogen-bond acceptors (Lipinski definition) is 4. The molecule has 2 rings (SSSR count). The molecule has 0 aliphatic heterocycles. The second kappa shape index (κ2) is 7.04. The van der Waals surface area contributed by atoms with Crippen LogP contribution in [0.2, 0.25) is 0 Å². The Hall–Kier alpha value is -2.41. The number of amides is 1. The van der Waals surface area contributed by atoms with Crippen LogP contribution in [0.25, 0.3) is 0 Å². The van der Waals surface area contributed by atoms with E-state index in [0.29, 0.717) is 4.47 Å². The molecular weight excluding hydrogens is 357 g/mol. The molecule has 0 fully saturated rings. The van der Waals surface area contributed by atoms with Crippen molar-refractivity contribution in [3.05, 3.63) is 58.3 Å². The first kappa shape index (κ1) is 16.0. The predicted octanol–water partition coefficient (Wildman–Crippen LogP) is 3.09. The first-order valence-electron chi connectivity index (χ1n) is 6.17. The van der Waals surface area contributed by atoms with Crippen molar-refractivity contribution in [1.82, 2.24) is 0 Å². The minimum absolute atomic E-state index is 0.0621. The van der Waals surface area contributed by atoms with Crippen molar-refractivity contribution in [1.29, 1.82) is 0 Å². The molecule has 22 heavy (non-hydrogen) atoms. The molecule has 0 saturated heterocycles. The Bertz CT molecular complexity index is 720. The minimum atomic E-state index is -0.840. The van der Waals surface area contributed by atoms with Crippen LogP contribution < -0.4 is 5.32 Å². The van der Waals surface area contributed by atoms with Crippen LogP contribution in [-0.2, 0) is 9.53 Å². The Labute approximate surface area is 133 Å². The topological polar surface area (TPSA) is 75.6 Å². The molecule has 0 radical (unpaired) electrons. The van der Waals surface area contributed by atoms with E-state index < -0.39 is 24.3 Å². The van der Waals surface area contributed by atoms with Crippen LogP contribution in [0, 0.1) is 5.82 Å². The van der Waals surface area contributed by atoms with Gasteiger partial charge in [-0.3, -0.25) is 4.79 Å². The van der Waals surface area contributed by atoms with E-state index in [2.05, 4.69) is 21.2 Å². The van der Waals surface area contributed by atoms with Crippen molar-refractivity contribution in [2.24, 2.45) is 0 Å². The number of phenolic OH excluding ortho intramolecular Hbond substituents is 1. The fourth-order valence-corrected chi connectivity index (χ4v) is 2.00. The van der Waals surface area contributed by atoms with Crippen LogP contribution in [0.3, 0.4) is 0 Å². The lowest BCUT2D eigenvalue weighted by Crippen LogP contribution is -2.21. The Morgan fingerprint density at radius 3 is 2.73 bits per heavy atom. The van der Waals surface area contributed by atoms with Crippen LogP contribution in [-0.4, -0.2) is 23.6 Å². The summed E-state index contributed by atoms with van der Waals surface area (Å²) in [6.07, 6.45) is 0. The molecule has 0 aliphatic carbocycles. The van der Waals surface area contributed by atoms with Crippen LogP contribution in [0.15, 0.2) is 46.9 Å². The smallest absolute Gasteiger partial charge is 0.342 e. The van der Waals surface area contributed by atoms with Crippen molar-refractivity contribution in [2.45, 2.75) is 0 Å². The number of anilines is 1. The van der Waals surface area contributed by atoms with Gasteiger partial charge in [-0.2, -0.15) is 0 Å². The zero-order valence-electron chi connectivity index (χ0n) is 11.2. The van der Waals surface area contributed by atoms with Crippen molar-refractivity contribution in [3.63, 3.8) is 0 Å². The van der Waals surface area contributed by atoms with Crippen LogP contribution in [0.4, 0.5) is 10.1 Å². The summed E-state index contributed by atoms with van der Waals surface area (Å²) in [5.41, 5.74) is 0.194. The molecule has 2 aromatic rings. The molecule has 2 aromatic carbocycles. The maximum Gasteiger partial charge on any atom is 0.342 e. The first-order chi connectivity index (χ1) is 10.5. The van der Waals surface area contributed by atoms with E-state index >= 15 is 0 Å². The highest BCUT2D eigenvalue weighted by atomic mass is 79.9. The predicted molar refractivity (Wildman–Crippen MR) is 81.1 cm³/mol. The number of halogens is 2. The molecule has 0 atom stereocenters. The van der Waals surface area contributed by atoms with Gasteiger partial charge in [0, 0.05) is 10.2 Å². The molecule has 0 heterocycles. The third-order valence-electron chi connectivity index (χ3n) is 2.62. The summed E-state index contributed by atoms with van der Waals surface area (Å²) in [6.45, 7) is -0.554. The second-order valence-corrected chi connectivity index (χ2v) is 5.21. The van der Waals surface area contributed by atoms with Crippen molar-refractivity contribution in [2.75, 3.05) is 11.9 Å². The maximum atomic E-state index is 13.0. The van der Waals surface area contributed by atoms with Gasteiger partial charge in [-0.1, -0.05) is 22.0 Å². The summed E-state index contributed by atoms with van der Waals surface area (Å²) in [5.74, 6) is -2.20. The number of esters is 1. The van der Waals surface area contributed by atoms with Gasteiger partial charge in [0.15, 0.2) is 6.61 Å². The van der Waals surface area contributed by atoms with E-state index in [0.717, 1.165) is 6.07 Å². The first-order valence-corrected chi connectivity index (χ1v) is 6.96. The van der Waals surface area contributed by atoms with Gasteiger partial charge in [0.25, 0.3) is 5.91 Å². The van der Waals surface area contributed by atoms with Gasteiger partial charge in [-0.15, -0.1) is 0 Å². The minimum Gasteiger partial charge on any atom is -0.507 e. The van der Waals surface area contributed by atoms with E-state index in [-0.39, 0.29) is 17.0 Å². The molecule has 0 saturated carbocycles. The average molecular weight is 368 g/mol. The molecule has 0 aliphatic rings. The summed E-state index contributed by atoms with van der Waals surface area (Å²) in [5, 5.41) is 12.0. The summed E-state index contributed by atoms with van der Waals surface area (Å²) >= 11 is 3.16. The monoisotopic (exact) mass is 367 g/mol. The fourth-order valence-electron chi connectivity index (χ4n) is 1.64. The van der Waals surface area contributed by atoms with E-state index in [1.165, 1.54) is 30.3 Å². The van der Waals surface area contributed by atoms with Crippen molar-refractivity contribution < 1.29 is 23.8 Å². The normalized spacial score (nSPS) is 10.1. The van der Waals surface area contributed by atoms with Gasteiger partial charge >= 0.3 is 5.97 Å². The highest BCUT2D eigenvalue weighted by molar-refractivity contribution is 9.10. The van der Waals surface area contributed by atoms with E-state index in [4.69, 9.17) is 4.74 Å².